The van der Waals surface area contributed by atoms with Crippen molar-refractivity contribution in [1.29, 1.82) is 0 Å². The van der Waals surface area contributed by atoms with E-state index in [1.807, 2.05) is 48.5 Å². The van der Waals surface area contributed by atoms with Crippen molar-refractivity contribution < 1.29 is 22.5 Å². The average molecular weight is 422 g/mol. The van der Waals surface area contributed by atoms with Gasteiger partial charge in [0.05, 0.1) is 12.8 Å². The van der Waals surface area contributed by atoms with Crippen LogP contribution in [0.5, 0.6) is 5.75 Å². The van der Waals surface area contributed by atoms with Crippen molar-refractivity contribution in [3.05, 3.63) is 83.9 Å². The summed E-state index contributed by atoms with van der Waals surface area (Å²) in [6.45, 7) is 0. The third-order valence-corrected chi connectivity index (χ3v) is 5.65. The Hall–Kier alpha value is -3.46. The maximum absolute atomic E-state index is 13.3. The van der Waals surface area contributed by atoms with Crippen molar-refractivity contribution in [2.45, 2.75) is 0 Å². The van der Waals surface area contributed by atoms with Crippen LogP contribution in [0.2, 0.25) is 0 Å². The molecular weight excluding hydrogens is 404 g/mol. The molecule has 4 aromatic rings. The van der Waals surface area contributed by atoms with E-state index in [1.165, 1.54) is 24.3 Å². The number of carbonyl (C=O) groups excluding carboxylic acids is 1. The maximum Gasteiger partial charge on any atom is 0.373 e. The molecule has 0 bridgehead atoms. The molecule has 0 amide bonds. The zero-order valence-corrected chi connectivity index (χ0v) is 16.8. The summed E-state index contributed by atoms with van der Waals surface area (Å²) in [6, 6.07) is 20.8. The third kappa shape index (κ3) is 3.48. The normalized spacial score (nSPS) is 11.6. The highest BCUT2D eigenvalue weighted by molar-refractivity contribution is 7.87. The smallest absolute Gasteiger partial charge is 0.373 e. The molecule has 0 atom stereocenters. The van der Waals surface area contributed by atoms with Gasteiger partial charge in [0.15, 0.2) is 5.78 Å². The zero-order valence-electron chi connectivity index (χ0n) is 15.9. The lowest BCUT2D eigenvalue weighted by atomic mass is 9.92. The van der Waals surface area contributed by atoms with Crippen molar-refractivity contribution in [3.63, 3.8) is 0 Å². The predicted molar refractivity (Wildman–Crippen MR) is 116 cm³/mol. The lowest BCUT2D eigenvalue weighted by Gasteiger charge is -2.15. The number of ether oxygens (including phenoxy) is 1. The molecule has 0 aromatic heterocycles. The maximum atomic E-state index is 13.3. The highest BCUT2D eigenvalue weighted by atomic mass is 32.2. The van der Waals surface area contributed by atoms with Crippen molar-refractivity contribution in [1.82, 2.24) is 0 Å². The summed E-state index contributed by atoms with van der Waals surface area (Å²) in [5.41, 5.74) is 0.899. The number of methoxy groups -OCH3 is 1. The number of hydrazine groups is 1. The first-order valence-electron chi connectivity index (χ1n) is 8.96. The predicted octanol–water partition coefficient (Wildman–Crippen LogP) is 3.72. The fourth-order valence-corrected chi connectivity index (χ4v) is 3.84. The number of fused-ring (bicyclic) bond motifs is 3. The Morgan fingerprint density at radius 2 is 1.60 bits per heavy atom. The minimum Gasteiger partial charge on any atom is -0.497 e. The molecule has 152 valence electrons. The van der Waals surface area contributed by atoms with Crippen LogP contribution in [0, 0.1) is 0 Å². The Kier molecular flexibility index (Phi) is 4.90. The van der Waals surface area contributed by atoms with Gasteiger partial charge in [-0.1, -0.05) is 30.3 Å². The second-order valence-corrected chi connectivity index (χ2v) is 8.00. The van der Waals surface area contributed by atoms with Crippen molar-refractivity contribution >= 4 is 43.3 Å². The Morgan fingerprint density at radius 3 is 2.23 bits per heavy atom. The topological polar surface area (TPSA) is 110 Å². The summed E-state index contributed by atoms with van der Waals surface area (Å²) in [5, 5.41) is 3.62. The number of nitrogens with two attached hydrogens (primary N) is 1. The number of nitrogens with zero attached hydrogens (tertiary/aromatic N) is 1. The largest absolute Gasteiger partial charge is 0.497 e. The number of carbonyl (C=O) groups is 1. The van der Waals surface area contributed by atoms with Crippen LogP contribution >= 0.6 is 0 Å². The molecule has 0 aliphatic carbocycles. The Bertz CT molecular complexity index is 1380. The summed E-state index contributed by atoms with van der Waals surface area (Å²) in [6.07, 6.45) is 0. The van der Waals surface area contributed by atoms with Gasteiger partial charge in [-0.25, -0.2) is 5.84 Å². The molecule has 4 aromatic carbocycles. The molecular formula is C22H18N2O5S. The van der Waals surface area contributed by atoms with Crippen molar-refractivity contribution in [2.24, 2.45) is 5.84 Å². The number of rotatable bonds is 5. The van der Waals surface area contributed by atoms with E-state index >= 15 is 0 Å². The van der Waals surface area contributed by atoms with Gasteiger partial charge < -0.3 is 4.74 Å². The second-order valence-electron chi connectivity index (χ2n) is 6.71. The minimum atomic E-state index is -4.59. The van der Waals surface area contributed by atoms with E-state index in [0.717, 1.165) is 21.5 Å². The van der Waals surface area contributed by atoms with Gasteiger partial charge in [0.2, 0.25) is 0 Å². The Labute approximate surface area is 173 Å². The number of benzene rings is 4. The Balaban J connectivity index is 1.84. The van der Waals surface area contributed by atoms with Crippen molar-refractivity contribution in [3.8, 4) is 5.75 Å². The fourth-order valence-electron chi connectivity index (χ4n) is 3.45. The second kappa shape index (κ2) is 7.42. The van der Waals surface area contributed by atoms with E-state index in [-0.39, 0.29) is 15.9 Å². The molecule has 0 aliphatic heterocycles. The number of ketones is 1. The molecule has 30 heavy (non-hydrogen) atoms. The molecule has 0 spiro atoms. The highest BCUT2D eigenvalue weighted by Crippen LogP contribution is 2.32. The van der Waals surface area contributed by atoms with E-state index in [1.54, 1.807) is 7.11 Å². The van der Waals surface area contributed by atoms with Gasteiger partial charge in [-0.05, 0) is 64.0 Å². The first-order chi connectivity index (χ1) is 14.3. The molecule has 0 aliphatic rings. The van der Waals surface area contributed by atoms with Crippen LogP contribution in [0.4, 0.5) is 5.69 Å². The van der Waals surface area contributed by atoms with Gasteiger partial charge in [0.1, 0.15) is 5.75 Å². The average Bonchev–Trinajstić information content (AvgIpc) is 2.76. The summed E-state index contributed by atoms with van der Waals surface area (Å²) < 4.78 is 36.9. The molecule has 3 N–H and O–H groups in total. The van der Waals surface area contributed by atoms with Crippen LogP contribution in [-0.2, 0) is 10.3 Å². The third-order valence-electron chi connectivity index (χ3n) is 4.94. The van der Waals surface area contributed by atoms with Gasteiger partial charge in [-0.2, -0.15) is 12.8 Å². The molecule has 0 radical (unpaired) electrons. The molecule has 8 heteroatoms. The molecule has 4 rings (SSSR count). The van der Waals surface area contributed by atoms with Crippen LogP contribution in [0.3, 0.4) is 0 Å². The fraction of sp³-hybridized carbons (Fsp3) is 0.0455. The van der Waals surface area contributed by atoms with E-state index < -0.39 is 10.3 Å². The van der Waals surface area contributed by atoms with Gasteiger partial charge in [-0.3, -0.25) is 9.35 Å². The molecule has 0 saturated heterocycles. The first kappa shape index (κ1) is 19.8. The highest BCUT2D eigenvalue weighted by Gasteiger charge is 2.18. The van der Waals surface area contributed by atoms with Crippen LogP contribution < -0.4 is 15.0 Å². The SMILES string of the molecule is COc1ccc2c(c1)cc(C(=O)c1ccc(N(N)S(=O)(=O)O)cc1)c1ccccc12. The number of hydrogen-bond donors (Lipinski definition) is 2. The first-order valence-corrected chi connectivity index (χ1v) is 10.4. The van der Waals surface area contributed by atoms with E-state index in [2.05, 4.69) is 0 Å². The van der Waals surface area contributed by atoms with E-state index in [9.17, 15) is 13.2 Å². The molecule has 7 nitrogen and oxygen atoms in total. The lowest BCUT2D eigenvalue weighted by molar-refractivity contribution is 0.104. The Morgan fingerprint density at radius 1 is 0.933 bits per heavy atom. The van der Waals surface area contributed by atoms with E-state index in [0.29, 0.717) is 16.9 Å². The summed E-state index contributed by atoms with van der Waals surface area (Å²) >= 11 is 0. The lowest BCUT2D eigenvalue weighted by Crippen LogP contribution is -2.36. The molecule has 0 fully saturated rings. The van der Waals surface area contributed by atoms with E-state index in [4.69, 9.17) is 15.1 Å². The van der Waals surface area contributed by atoms with Gasteiger partial charge in [-0.15, -0.1) is 0 Å². The quantitative estimate of drug-likeness (QED) is 0.167. The number of hydrogen-bond acceptors (Lipinski definition) is 5. The molecule has 0 saturated carbocycles. The standard InChI is InChI=1S/C22H18N2O5S/c1-29-17-10-11-18-15(12-17)13-21(20-5-3-2-4-19(18)20)22(25)14-6-8-16(9-7-14)24(23)30(26,27)28/h2-13H,23H2,1H3,(H,26,27,28). The van der Waals surface area contributed by atoms with Gasteiger partial charge >= 0.3 is 10.3 Å². The minimum absolute atomic E-state index is 0.0298. The summed E-state index contributed by atoms with van der Waals surface area (Å²) in [5.74, 6) is 5.84. The van der Waals surface area contributed by atoms with Crippen LogP contribution in [0.15, 0.2) is 72.8 Å². The van der Waals surface area contributed by atoms with Crippen LogP contribution in [0.1, 0.15) is 15.9 Å². The van der Waals surface area contributed by atoms with Crippen molar-refractivity contribution in [2.75, 3.05) is 11.5 Å². The zero-order chi connectivity index (χ0) is 21.5. The molecule has 0 unspecified atom stereocenters. The monoisotopic (exact) mass is 422 g/mol. The summed E-state index contributed by atoms with van der Waals surface area (Å²) in [7, 11) is -3.00. The van der Waals surface area contributed by atoms with Crippen LogP contribution in [-0.4, -0.2) is 25.9 Å². The number of anilines is 1. The van der Waals surface area contributed by atoms with Gasteiger partial charge in [0.25, 0.3) is 0 Å². The van der Waals surface area contributed by atoms with Crippen LogP contribution in [0.25, 0.3) is 21.5 Å². The molecule has 0 heterocycles. The summed E-state index contributed by atoms with van der Waals surface area (Å²) in [4.78, 5) is 13.3. The van der Waals surface area contributed by atoms with Gasteiger partial charge in [0, 0.05) is 11.1 Å².